The third-order valence-corrected chi connectivity index (χ3v) is 3.73. The van der Waals surface area contributed by atoms with Crippen molar-refractivity contribution in [1.82, 2.24) is 9.88 Å². The lowest BCUT2D eigenvalue weighted by Crippen LogP contribution is -2.22. The molecule has 0 N–H and O–H groups in total. The van der Waals surface area contributed by atoms with Gasteiger partial charge in [-0.3, -0.25) is 4.90 Å². The molecule has 1 aromatic carbocycles. The van der Waals surface area contributed by atoms with Gasteiger partial charge in [-0.25, -0.2) is 4.98 Å². The maximum atomic E-state index is 12.5. The zero-order chi connectivity index (χ0) is 14.6. The Labute approximate surface area is 119 Å². The summed E-state index contributed by atoms with van der Waals surface area (Å²) >= 11 is 1.06. The van der Waals surface area contributed by atoms with Gasteiger partial charge in [0, 0.05) is 11.9 Å². The zero-order valence-corrected chi connectivity index (χ0v) is 11.8. The molecule has 0 aliphatic heterocycles. The molecule has 0 bridgehead atoms. The van der Waals surface area contributed by atoms with Gasteiger partial charge in [-0.1, -0.05) is 37.3 Å². The normalized spacial score (nSPS) is 12.1. The number of aromatic nitrogens is 1. The van der Waals surface area contributed by atoms with Crippen LogP contribution in [0.5, 0.6) is 0 Å². The molecule has 0 unspecified atom stereocenters. The van der Waals surface area contributed by atoms with Crippen LogP contribution in [-0.2, 0) is 19.3 Å². The van der Waals surface area contributed by atoms with Gasteiger partial charge in [-0.05, 0) is 12.1 Å². The van der Waals surface area contributed by atoms with Crippen LogP contribution in [-0.4, -0.2) is 16.4 Å². The molecule has 0 aliphatic rings. The number of nitrogens with zero attached hydrogens (tertiary/aromatic N) is 2. The first-order valence-electron chi connectivity index (χ1n) is 6.27. The van der Waals surface area contributed by atoms with Crippen LogP contribution in [0, 0.1) is 0 Å². The highest BCUT2D eigenvalue weighted by molar-refractivity contribution is 7.09. The first-order chi connectivity index (χ1) is 9.49. The van der Waals surface area contributed by atoms with Crippen molar-refractivity contribution in [3.63, 3.8) is 0 Å². The van der Waals surface area contributed by atoms with Gasteiger partial charge < -0.3 is 0 Å². The van der Waals surface area contributed by atoms with Gasteiger partial charge >= 0.3 is 6.18 Å². The number of rotatable bonds is 5. The van der Waals surface area contributed by atoms with Gasteiger partial charge in [0.05, 0.1) is 6.54 Å². The van der Waals surface area contributed by atoms with Gasteiger partial charge in [-0.2, -0.15) is 13.2 Å². The Morgan fingerprint density at radius 2 is 1.85 bits per heavy atom. The van der Waals surface area contributed by atoms with Crippen molar-refractivity contribution < 1.29 is 13.2 Å². The lowest BCUT2D eigenvalue weighted by molar-refractivity contribution is -0.140. The molecule has 2 aromatic rings. The van der Waals surface area contributed by atoms with E-state index >= 15 is 0 Å². The van der Waals surface area contributed by atoms with Crippen LogP contribution in [0.3, 0.4) is 0 Å². The Hall–Kier alpha value is -1.40. The molecule has 1 aromatic heterocycles. The topological polar surface area (TPSA) is 16.1 Å². The first-order valence-corrected chi connectivity index (χ1v) is 7.15. The third-order valence-electron chi connectivity index (χ3n) is 2.90. The second-order valence-corrected chi connectivity index (χ2v) is 5.36. The first kappa shape index (κ1) is 15.0. The number of halogens is 3. The summed E-state index contributed by atoms with van der Waals surface area (Å²) in [4.78, 5) is 5.73. The van der Waals surface area contributed by atoms with Crippen molar-refractivity contribution in [2.45, 2.75) is 26.2 Å². The van der Waals surface area contributed by atoms with Gasteiger partial charge in [0.2, 0.25) is 0 Å². The Balaban J connectivity index is 2.01. The van der Waals surface area contributed by atoms with Crippen LogP contribution >= 0.6 is 11.3 Å². The molecule has 20 heavy (non-hydrogen) atoms. The molecule has 0 saturated heterocycles. The smallest absolute Gasteiger partial charge is 0.293 e. The van der Waals surface area contributed by atoms with Gasteiger partial charge in [-0.15, -0.1) is 11.3 Å². The fraction of sp³-hybridized carbons (Fsp3) is 0.357. The van der Waals surface area contributed by atoms with Crippen molar-refractivity contribution in [1.29, 1.82) is 0 Å². The van der Waals surface area contributed by atoms with Crippen molar-refractivity contribution in [2.24, 2.45) is 0 Å². The lowest BCUT2D eigenvalue weighted by Gasteiger charge is -2.19. The van der Waals surface area contributed by atoms with E-state index in [1.807, 2.05) is 37.3 Å². The van der Waals surface area contributed by atoms with Crippen molar-refractivity contribution in [2.75, 3.05) is 6.54 Å². The molecule has 0 aliphatic carbocycles. The maximum absolute atomic E-state index is 12.5. The number of alkyl halides is 3. The van der Waals surface area contributed by atoms with Crippen LogP contribution in [0.2, 0.25) is 0 Å². The average Bonchev–Trinajstić information content (AvgIpc) is 2.87. The Bertz CT molecular complexity index is 537. The summed E-state index contributed by atoms with van der Waals surface area (Å²) in [5, 5.41) is 1.57. The molecule has 0 fully saturated rings. The minimum atomic E-state index is -4.36. The highest BCUT2D eigenvalue weighted by atomic mass is 32.1. The lowest BCUT2D eigenvalue weighted by atomic mass is 10.2. The van der Waals surface area contributed by atoms with E-state index in [0.717, 1.165) is 28.8 Å². The van der Waals surface area contributed by atoms with Crippen LogP contribution in [0.25, 0.3) is 0 Å². The third kappa shape index (κ3) is 4.05. The minimum Gasteiger partial charge on any atom is -0.293 e. The van der Waals surface area contributed by atoms with Gasteiger partial charge in [0.1, 0.15) is 5.01 Å². The summed E-state index contributed by atoms with van der Waals surface area (Å²) in [5.74, 6) is 0. The second-order valence-electron chi connectivity index (χ2n) is 4.41. The summed E-state index contributed by atoms with van der Waals surface area (Å²) in [6.07, 6.45) is -4.36. The summed E-state index contributed by atoms with van der Waals surface area (Å²) < 4.78 is 37.5. The predicted octanol–water partition coefficient (Wildman–Crippen LogP) is 4.18. The highest BCUT2D eigenvalue weighted by Crippen LogP contribution is 2.30. The minimum absolute atomic E-state index is 0.437. The number of thiazole rings is 1. The van der Waals surface area contributed by atoms with E-state index < -0.39 is 11.9 Å². The quantitative estimate of drug-likeness (QED) is 0.823. The summed E-state index contributed by atoms with van der Waals surface area (Å²) in [7, 11) is 0. The molecule has 0 saturated carbocycles. The molecule has 0 atom stereocenters. The van der Waals surface area contributed by atoms with E-state index in [-0.39, 0.29) is 0 Å². The molecule has 1 heterocycles. The molecule has 2 nitrogen and oxygen atoms in total. The van der Waals surface area contributed by atoms with Crippen molar-refractivity contribution in [3.8, 4) is 0 Å². The monoisotopic (exact) mass is 300 g/mol. The molecule has 6 heteroatoms. The van der Waals surface area contributed by atoms with Crippen LogP contribution in [0.1, 0.15) is 23.2 Å². The van der Waals surface area contributed by atoms with Crippen LogP contribution in [0.15, 0.2) is 35.7 Å². The van der Waals surface area contributed by atoms with E-state index in [2.05, 4.69) is 9.88 Å². The van der Waals surface area contributed by atoms with E-state index in [9.17, 15) is 13.2 Å². The summed E-state index contributed by atoms with van der Waals surface area (Å²) in [5.41, 5.74) is 0.343. The maximum Gasteiger partial charge on any atom is 0.434 e. The molecule has 0 amide bonds. The fourth-order valence-electron chi connectivity index (χ4n) is 1.83. The molecule has 0 spiro atoms. The standard InChI is InChI=1S/C14H15F3N2S/c1-2-19(8-11-6-4-3-5-7-11)9-13-18-12(10-20-13)14(15,16)17/h3-7,10H,2,8-9H2,1H3. The van der Waals surface area contributed by atoms with Crippen LogP contribution < -0.4 is 0 Å². The van der Waals surface area contributed by atoms with Crippen LogP contribution in [0.4, 0.5) is 13.2 Å². The molecule has 0 radical (unpaired) electrons. The SMILES string of the molecule is CCN(Cc1ccccc1)Cc1nc(C(F)(F)F)cs1. The molecule has 108 valence electrons. The van der Waals surface area contributed by atoms with Crippen molar-refractivity contribution in [3.05, 3.63) is 52.0 Å². The Morgan fingerprint density at radius 3 is 2.40 bits per heavy atom. The number of hydrogen-bond acceptors (Lipinski definition) is 3. The Kier molecular flexibility index (Phi) is 4.77. The second kappa shape index (κ2) is 6.37. The predicted molar refractivity (Wildman–Crippen MR) is 73.3 cm³/mol. The zero-order valence-electron chi connectivity index (χ0n) is 11.0. The van der Waals surface area contributed by atoms with E-state index in [1.165, 1.54) is 0 Å². The molecular weight excluding hydrogens is 285 g/mol. The van der Waals surface area contributed by atoms with Crippen molar-refractivity contribution >= 4 is 11.3 Å². The number of hydrogen-bond donors (Lipinski definition) is 0. The largest absolute Gasteiger partial charge is 0.434 e. The molecular formula is C14H15F3N2S. The average molecular weight is 300 g/mol. The molecule has 2 rings (SSSR count). The van der Waals surface area contributed by atoms with E-state index in [0.29, 0.717) is 18.1 Å². The van der Waals surface area contributed by atoms with Gasteiger partial charge in [0.25, 0.3) is 0 Å². The van der Waals surface area contributed by atoms with E-state index in [4.69, 9.17) is 0 Å². The number of benzene rings is 1. The summed E-state index contributed by atoms with van der Waals surface area (Å²) in [6.45, 7) is 3.89. The highest BCUT2D eigenvalue weighted by Gasteiger charge is 2.33. The van der Waals surface area contributed by atoms with E-state index in [1.54, 1.807) is 0 Å². The Morgan fingerprint density at radius 1 is 1.15 bits per heavy atom. The van der Waals surface area contributed by atoms with Gasteiger partial charge in [0.15, 0.2) is 5.69 Å². The summed E-state index contributed by atoms with van der Waals surface area (Å²) in [6, 6.07) is 9.86. The fourth-order valence-corrected chi connectivity index (χ4v) is 2.67.